The molecule has 28 heavy (non-hydrogen) atoms. The third kappa shape index (κ3) is 3.86. The maximum Gasteiger partial charge on any atom is 0.324 e. The molecule has 0 saturated carbocycles. The Kier molecular flexibility index (Phi) is 5.29. The summed E-state index contributed by atoms with van der Waals surface area (Å²) in [7, 11) is 1.64. The van der Waals surface area contributed by atoms with Crippen LogP contribution in [0.3, 0.4) is 0 Å². The highest BCUT2D eigenvalue weighted by molar-refractivity contribution is 7.99. The molecule has 0 unspecified atom stereocenters. The van der Waals surface area contributed by atoms with Crippen LogP contribution >= 0.6 is 11.8 Å². The number of rotatable bonds is 5. The lowest BCUT2D eigenvalue weighted by atomic mass is 10.2. The van der Waals surface area contributed by atoms with Crippen LogP contribution in [0.2, 0.25) is 0 Å². The van der Waals surface area contributed by atoms with E-state index in [-0.39, 0.29) is 23.1 Å². The first-order chi connectivity index (χ1) is 13.6. The first-order valence-corrected chi connectivity index (χ1v) is 10.1. The molecule has 0 amide bonds. The van der Waals surface area contributed by atoms with Crippen LogP contribution in [0.15, 0.2) is 49.9 Å². The third-order valence-electron chi connectivity index (χ3n) is 4.57. The van der Waals surface area contributed by atoms with Crippen LogP contribution in [0.1, 0.15) is 19.3 Å². The average Bonchev–Trinajstić information content (AvgIpc) is 3.19. The van der Waals surface area contributed by atoms with E-state index in [2.05, 4.69) is 20.3 Å². The quantitative estimate of drug-likeness (QED) is 0.202. The van der Waals surface area contributed by atoms with E-state index >= 15 is 0 Å². The molecule has 3 heterocycles. The van der Waals surface area contributed by atoms with Crippen molar-refractivity contribution in [3.8, 4) is 0 Å². The van der Waals surface area contributed by atoms with Gasteiger partial charge in [-0.15, -0.1) is 0 Å². The van der Waals surface area contributed by atoms with E-state index in [9.17, 15) is 9.90 Å². The number of hydrogen-bond acceptors (Lipinski definition) is 8. The van der Waals surface area contributed by atoms with Gasteiger partial charge in [-0.3, -0.25) is 13.9 Å². The molecule has 1 aliphatic heterocycles. The number of nitrogens with zero attached hydrogens (tertiary/aromatic N) is 6. The smallest absolute Gasteiger partial charge is 0.324 e. The summed E-state index contributed by atoms with van der Waals surface area (Å²) >= 11 is 1.17. The molecule has 0 radical (unpaired) electrons. The molecule has 1 aromatic carbocycles. The Balaban J connectivity index is 1.46. The largest absolute Gasteiger partial charge is 0.861 e. The molecule has 9 nitrogen and oxygen atoms in total. The molecule has 4 rings (SSSR count). The lowest BCUT2D eigenvalue weighted by molar-refractivity contribution is -0.759. The second kappa shape index (κ2) is 8.01. The van der Waals surface area contributed by atoms with E-state index < -0.39 is 0 Å². The van der Waals surface area contributed by atoms with Crippen molar-refractivity contribution >= 4 is 34.4 Å². The molecule has 3 aromatic rings. The van der Waals surface area contributed by atoms with Gasteiger partial charge in [-0.05, 0) is 37.3 Å². The molecule has 1 aliphatic rings. The number of benzene rings is 1. The van der Waals surface area contributed by atoms with Gasteiger partial charge in [0.05, 0.1) is 28.8 Å². The van der Waals surface area contributed by atoms with Crippen LogP contribution in [0.25, 0.3) is 10.9 Å². The zero-order chi connectivity index (χ0) is 19.5. The Hall–Kier alpha value is -2.88. The summed E-state index contributed by atoms with van der Waals surface area (Å²) < 4.78 is 6.59. The SMILES string of the molecule is Cn1c(SC/C([O-])=N/c2c[n+](N3CCCCC3)no2)nc2ccccc2c1=O. The minimum Gasteiger partial charge on any atom is -0.861 e. The summed E-state index contributed by atoms with van der Waals surface area (Å²) in [5, 5.41) is 19.2. The van der Waals surface area contributed by atoms with Gasteiger partial charge in [0, 0.05) is 12.8 Å². The van der Waals surface area contributed by atoms with Gasteiger partial charge < -0.3 is 5.11 Å². The Morgan fingerprint density at radius 2 is 2.11 bits per heavy atom. The molecular formula is C18H20N6O3S. The van der Waals surface area contributed by atoms with Gasteiger partial charge in [-0.2, -0.15) is 5.01 Å². The van der Waals surface area contributed by atoms with Crippen molar-refractivity contribution in [2.75, 3.05) is 23.9 Å². The number of aromatic nitrogens is 4. The first-order valence-electron chi connectivity index (χ1n) is 9.09. The van der Waals surface area contributed by atoms with Crippen molar-refractivity contribution < 1.29 is 14.4 Å². The molecule has 0 atom stereocenters. The van der Waals surface area contributed by atoms with Crippen molar-refractivity contribution in [3.63, 3.8) is 0 Å². The zero-order valence-electron chi connectivity index (χ0n) is 15.4. The molecule has 2 aromatic heterocycles. The van der Waals surface area contributed by atoms with E-state index in [1.807, 2.05) is 6.07 Å². The number of aliphatic imine (C=N–C) groups is 1. The predicted molar refractivity (Wildman–Crippen MR) is 103 cm³/mol. The van der Waals surface area contributed by atoms with Crippen LogP contribution in [0, 0.1) is 0 Å². The van der Waals surface area contributed by atoms with E-state index in [1.54, 1.807) is 36.2 Å². The van der Waals surface area contributed by atoms with E-state index in [0.717, 1.165) is 25.9 Å². The summed E-state index contributed by atoms with van der Waals surface area (Å²) in [5.74, 6) is -0.172. The predicted octanol–water partition coefficient (Wildman–Crippen LogP) is 0.513. The molecular weight excluding hydrogens is 380 g/mol. The maximum absolute atomic E-state index is 12.4. The summed E-state index contributed by atoms with van der Waals surface area (Å²) in [6, 6.07) is 7.14. The fraction of sp³-hybridized carbons (Fsp3) is 0.389. The molecule has 0 N–H and O–H groups in total. The summed E-state index contributed by atoms with van der Waals surface area (Å²) in [4.78, 5) is 22.4. The van der Waals surface area contributed by atoms with Gasteiger partial charge >= 0.3 is 5.88 Å². The van der Waals surface area contributed by atoms with Crippen molar-refractivity contribution in [2.24, 2.45) is 12.0 Å². The summed E-state index contributed by atoms with van der Waals surface area (Å²) in [6.07, 6.45) is 5.05. The monoisotopic (exact) mass is 400 g/mol. The molecule has 0 spiro atoms. The summed E-state index contributed by atoms with van der Waals surface area (Å²) in [6.45, 7) is 1.81. The second-order valence-electron chi connectivity index (χ2n) is 6.54. The number of thioether (sulfide) groups is 1. The number of piperidine rings is 1. The van der Waals surface area contributed by atoms with E-state index in [1.165, 1.54) is 22.7 Å². The Labute approximate surface area is 165 Å². The fourth-order valence-corrected chi connectivity index (χ4v) is 3.86. The minimum atomic E-state index is -0.380. The topological polar surface area (TPSA) is 103 Å². The highest BCUT2D eigenvalue weighted by Crippen LogP contribution is 2.17. The number of hydrogen-bond donors (Lipinski definition) is 0. The average molecular weight is 400 g/mol. The standard InChI is InChI=1S/C18H20N6O3S/c1-22-17(26)13-7-3-4-8-14(13)19-18(22)28-12-15(25)20-16-11-24(21-27-16)23-9-5-2-6-10-23/h3-4,7-8,11H,2,5-6,9-10,12H2,1H3. The maximum atomic E-state index is 12.4. The molecule has 10 heteroatoms. The lowest BCUT2D eigenvalue weighted by Crippen LogP contribution is -2.60. The summed E-state index contributed by atoms with van der Waals surface area (Å²) in [5.41, 5.74) is 0.464. The fourth-order valence-electron chi connectivity index (χ4n) is 3.10. The Morgan fingerprint density at radius 1 is 1.32 bits per heavy atom. The van der Waals surface area contributed by atoms with Crippen LogP contribution in [0.5, 0.6) is 0 Å². The third-order valence-corrected chi connectivity index (χ3v) is 5.58. The number of fused-ring (bicyclic) bond motifs is 1. The van der Waals surface area contributed by atoms with Gasteiger partial charge in [-0.25, -0.2) is 9.98 Å². The van der Waals surface area contributed by atoms with Gasteiger partial charge in [-0.1, -0.05) is 23.9 Å². The molecule has 0 aliphatic carbocycles. The van der Waals surface area contributed by atoms with Crippen LogP contribution in [-0.4, -0.2) is 39.6 Å². The van der Waals surface area contributed by atoms with Crippen molar-refractivity contribution in [1.29, 1.82) is 0 Å². The van der Waals surface area contributed by atoms with Gasteiger partial charge in [0.25, 0.3) is 11.8 Å². The Morgan fingerprint density at radius 3 is 2.93 bits per heavy atom. The van der Waals surface area contributed by atoms with E-state index in [0.29, 0.717) is 16.1 Å². The van der Waals surface area contributed by atoms with Crippen molar-refractivity contribution in [1.82, 2.24) is 14.8 Å². The zero-order valence-corrected chi connectivity index (χ0v) is 16.3. The second-order valence-corrected chi connectivity index (χ2v) is 7.49. The molecule has 146 valence electrons. The first kappa shape index (κ1) is 18.5. The van der Waals surface area contributed by atoms with Gasteiger partial charge in [0.1, 0.15) is 0 Å². The van der Waals surface area contributed by atoms with Crippen molar-refractivity contribution in [3.05, 3.63) is 40.8 Å². The Bertz CT molecular complexity index is 1070. The molecule has 1 fully saturated rings. The highest BCUT2D eigenvalue weighted by atomic mass is 32.2. The normalized spacial score (nSPS) is 15.3. The van der Waals surface area contributed by atoms with Crippen molar-refractivity contribution in [2.45, 2.75) is 24.4 Å². The van der Waals surface area contributed by atoms with Crippen LogP contribution in [0.4, 0.5) is 5.88 Å². The van der Waals surface area contributed by atoms with Crippen LogP contribution in [-0.2, 0) is 7.05 Å². The molecule has 0 bridgehead atoms. The minimum absolute atomic E-state index is 0.0447. The molecule has 1 saturated heterocycles. The lowest BCUT2D eigenvalue weighted by Gasteiger charge is -2.17. The number of para-hydroxylation sites is 1. The van der Waals surface area contributed by atoms with Gasteiger partial charge in [0.15, 0.2) is 5.16 Å². The highest BCUT2D eigenvalue weighted by Gasteiger charge is 2.22. The van der Waals surface area contributed by atoms with Gasteiger partial charge in [0.2, 0.25) is 5.27 Å². The van der Waals surface area contributed by atoms with Crippen LogP contribution < -0.4 is 20.5 Å². The van der Waals surface area contributed by atoms with E-state index in [4.69, 9.17) is 4.52 Å².